The molecule has 23 heavy (non-hydrogen) atoms. The maximum absolute atomic E-state index is 13.7. The van der Waals surface area contributed by atoms with Crippen LogP contribution < -0.4 is 0 Å². The minimum atomic E-state index is -3.82. The highest BCUT2D eigenvalue weighted by atomic mass is 32.2. The lowest BCUT2D eigenvalue weighted by Gasteiger charge is -2.01. The lowest BCUT2D eigenvalue weighted by Crippen LogP contribution is -2.01. The summed E-state index contributed by atoms with van der Waals surface area (Å²) in [6, 6.07) is 9.24. The van der Waals surface area contributed by atoms with E-state index in [1.165, 1.54) is 18.2 Å². The van der Waals surface area contributed by atoms with Crippen LogP contribution in [0.15, 0.2) is 51.7 Å². The Morgan fingerprint density at radius 3 is 2.39 bits per heavy atom. The zero-order chi connectivity index (χ0) is 16.6. The minimum Gasteiger partial charge on any atom is -0.216 e. The molecular formula is C15H10F2N2O2S2. The van der Waals surface area contributed by atoms with Gasteiger partial charge in [0.15, 0.2) is 5.82 Å². The van der Waals surface area contributed by atoms with Gasteiger partial charge >= 0.3 is 0 Å². The third-order valence-corrected chi connectivity index (χ3v) is 5.98. The molecule has 0 aliphatic carbocycles. The maximum atomic E-state index is 13.7. The van der Waals surface area contributed by atoms with Gasteiger partial charge in [0.25, 0.3) is 0 Å². The molecule has 0 saturated heterocycles. The van der Waals surface area contributed by atoms with E-state index < -0.39 is 21.5 Å². The lowest BCUT2D eigenvalue weighted by molar-refractivity contribution is 0.584. The molecule has 1 heterocycles. The van der Waals surface area contributed by atoms with Crippen LogP contribution in [0, 0.1) is 18.6 Å². The van der Waals surface area contributed by atoms with E-state index in [4.69, 9.17) is 0 Å². The number of rotatable bonds is 3. The van der Waals surface area contributed by atoms with Crippen LogP contribution in [0.25, 0.3) is 11.4 Å². The highest BCUT2D eigenvalue weighted by molar-refractivity contribution is 7.93. The van der Waals surface area contributed by atoms with Gasteiger partial charge in [0.1, 0.15) is 11.6 Å². The molecule has 2 aromatic carbocycles. The Bertz CT molecular complexity index is 967. The Labute approximate surface area is 135 Å². The van der Waals surface area contributed by atoms with Gasteiger partial charge in [0.05, 0.1) is 10.5 Å². The fraction of sp³-hybridized carbons (Fsp3) is 0.0667. The quantitative estimate of drug-likeness (QED) is 0.722. The molecule has 0 bridgehead atoms. The highest BCUT2D eigenvalue weighted by Crippen LogP contribution is 2.27. The van der Waals surface area contributed by atoms with Gasteiger partial charge in [-0.05, 0) is 42.7 Å². The van der Waals surface area contributed by atoms with Crippen molar-refractivity contribution in [3.63, 3.8) is 0 Å². The molecule has 0 atom stereocenters. The average Bonchev–Trinajstić information content (AvgIpc) is 2.98. The van der Waals surface area contributed by atoms with Gasteiger partial charge in [-0.3, -0.25) is 0 Å². The number of benzene rings is 2. The summed E-state index contributed by atoms with van der Waals surface area (Å²) in [6.45, 7) is 1.84. The predicted molar refractivity (Wildman–Crippen MR) is 81.9 cm³/mol. The van der Waals surface area contributed by atoms with E-state index in [0.29, 0.717) is 17.6 Å². The molecule has 0 aliphatic heterocycles. The molecule has 0 aliphatic rings. The third kappa shape index (κ3) is 2.99. The summed E-state index contributed by atoms with van der Waals surface area (Å²) < 4.78 is 55.3. The van der Waals surface area contributed by atoms with Crippen LogP contribution in [0.4, 0.5) is 8.78 Å². The van der Waals surface area contributed by atoms with Gasteiger partial charge in [-0.15, -0.1) is 0 Å². The highest BCUT2D eigenvalue weighted by Gasteiger charge is 2.24. The van der Waals surface area contributed by atoms with Crippen LogP contribution in [-0.2, 0) is 9.84 Å². The first-order valence-electron chi connectivity index (χ1n) is 6.49. The van der Waals surface area contributed by atoms with Crippen molar-refractivity contribution in [2.45, 2.75) is 16.2 Å². The number of hydrogen-bond donors (Lipinski definition) is 0. The molecule has 3 rings (SSSR count). The molecule has 0 saturated carbocycles. The molecule has 0 unspecified atom stereocenters. The fourth-order valence-electron chi connectivity index (χ4n) is 1.92. The molecule has 4 nitrogen and oxygen atoms in total. The van der Waals surface area contributed by atoms with Gasteiger partial charge in [0, 0.05) is 6.07 Å². The van der Waals surface area contributed by atoms with Crippen molar-refractivity contribution in [2.75, 3.05) is 0 Å². The Morgan fingerprint density at radius 2 is 1.74 bits per heavy atom. The van der Waals surface area contributed by atoms with Crippen LogP contribution >= 0.6 is 11.5 Å². The van der Waals surface area contributed by atoms with Crippen molar-refractivity contribution < 1.29 is 17.2 Å². The van der Waals surface area contributed by atoms with Crippen LogP contribution in [0.5, 0.6) is 0 Å². The third-order valence-electron chi connectivity index (χ3n) is 3.14. The van der Waals surface area contributed by atoms with Gasteiger partial charge in [0.2, 0.25) is 14.2 Å². The van der Waals surface area contributed by atoms with E-state index in [0.717, 1.165) is 11.6 Å². The molecule has 3 aromatic rings. The zero-order valence-electron chi connectivity index (χ0n) is 11.8. The molecular weight excluding hydrogens is 342 g/mol. The molecule has 0 spiro atoms. The number of sulfone groups is 1. The standard InChI is InChI=1S/C15H10F2N2O2S2/c1-9-2-5-11(6-3-9)23(20,21)15-18-14(19-22-15)12-7-4-10(16)8-13(12)17/h2-8H,1H3. The van der Waals surface area contributed by atoms with Crippen molar-refractivity contribution in [1.29, 1.82) is 0 Å². The van der Waals surface area contributed by atoms with Crippen LogP contribution in [0.3, 0.4) is 0 Å². The molecule has 1 aromatic heterocycles. The average molecular weight is 352 g/mol. The Hall–Kier alpha value is -2.19. The first-order chi connectivity index (χ1) is 10.9. The second-order valence-electron chi connectivity index (χ2n) is 4.82. The van der Waals surface area contributed by atoms with Crippen LogP contribution in [-0.4, -0.2) is 17.8 Å². The number of aromatic nitrogens is 2. The normalized spacial score (nSPS) is 11.6. The summed E-state index contributed by atoms with van der Waals surface area (Å²) in [4.78, 5) is 3.99. The number of halogens is 2. The topological polar surface area (TPSA) is 59.9 Å². The van der Waals surface area contributed by atoms with E-state index in [9.17, 15) is 17.2 Å². The monoisotopic (exact) mass is 352 g/mol. The van der Waals surface area contributed by atoms with Gasteiger partial charge in [-0.1, -0.05) is 17.7 Å². The Balaban J connectivity index is 2.03. The molecule has 118 valence electrons. The predicted octanol–water partition coefficient (Wildman–Crippen LogP) is 3.62. The Morgan fingerprint density at radius 1 is 1.04 bits per heavy atom. The summed E-state index contributed by atoms with van der Waals surface area (Å²) in [7, 11) is -3.82. The van der Waals surface area contributed by atoms with Crippen LogP contribution in [0.2, 0.25) is 0 Å². The molecule has 8 heteroatoms. The first-order valence-corrected chi connectivity index (χ1v) is 8.74. The van der Waals surface area contributed by atoms with E-state index in [-0.39, 0.29) is 20.6 Å². The summed E-state index contributed by atoms with van der Waals surface area (Å²) >= 11 is 0.654. The fourth-order valence-corrected chi connectivity index (χ4v) is 4.04. The SMILES string of the molecule is Cc1ccc(S(=O)(=O)c2nc(-c3ccc(F)cc3F)ns2)cc1. The maximum Gasteiger partial charge on any atom is 0.235 e. The first kappa shape index (κ1) is 15.7. The van der Waals surface area contributed by atoms with Crippen molar-refractivity contribution in [2.24, 2.45) is 0 Å². The van der Waals surface area contributed by atoms with Crippen molar-refractivity contribution >= 4 is 21.4 Å². The second-order valence-corrected chi connectivity index (χ2v) is 7.70. The van der Waals surface area contributed by atoms with E-state index in [1.807, 2.05) is 6.92 Å². The molecule has 0 radical (unpaired) electrons. The lowest BCUT2D eigenvalue weighted by atomic mass is 10.2. The number of aryl methyl sites for hydroxylation is 1. The van der Waals surface area contributed by atoms with E-state index >= 15 is 0 Å². The summed E-state index contributed by atoms with van der Waals surface area (Å²) in [5, 5.41) is 0. The second kappa shape index (κ2) is 5.78. The zero-order valence-corrected chi connectivity index (χ0v) is 13.5. The summed E-state index contributed by atoms with van der Waals surface area (Å²) in [5.41, 5.74) is 0.878. The Kier molecular flexibility index (Phi) is 3.95. The largest absolute Gasteiger partial charge is 0.235 e. The molecule has 0 N–H and O–H groups in total. The van der Waals surface area contributed by atoms with Crippen molar-refractivity contribution in [1.82, 2.24) is 9.36 Å². The number of nitrogens with zero attached hydrogens (tertiary/aromatic N) is 2. The van der Waals surface area contributed by atoms with E-state index in [1.54, 1.807) is 12.1 Å². The van der Waals surface area contributed by atoms with E-state index in [2.05, 4.69) is 9.36 Å². The number of hydrogen-bond acceptors (Lipinski definition) is 5. The van der Waals surface area contributed by atoms with Gasteiger partial charge in [-0.25, -0.2) is 22.2 Å². The minimum absolute atomic E-state index is 0.0481. The summed E-state index contributed by atoms with van der Waals surface area (Å²) in [6.07, 6.45) is 0. The molecule has 0 amide bonds. The smallest absolute Gasteiger partial charge is 0.216 e. The van der Waals surface area contributed by atoms with Gasteiger partial charge < -0.3 is 0 Å². The van der Waals surface area contributed by atoms with Crippen LogP contribution in [0.1, 0.15) is 5.56 Å². The van der Waals surface area contributed by atoms with Crippen molar-refractivity contribution in [3.05, 3.63) is 59.7 Å². The summed E-state index contributed by atoms with van der Waals surface area (Å²) in [5.74, 6) is -1.66. The van der Waals surface area contributed by atoms with Crippen molar-refractivity contribution in [3.8, 4) is 11.4 Å². The van der Waals surface area contributed by atoms with Gasteiger partial charge in [-0.2, -0.15) is 4.37 Å². The molecule has 0 fully saturated rings.